The first-order valence-electron chi connectivity index (χ1n) is 10.8. The third-order valence-electron chi connectivity index (χ3n) is 5.94. The largest absolute Gasteiger partial charge is 0.492 e. The van der Waals surface area contributed by atoms with Crippen LogP contribution >= 0.6 is 0 Å². The summed E-state index contributed by atoms with van der Waals surface area (Å²) in [5, 5.41) is 0. The standard InChI is InChI=1S/C25H28N4O2/c1-4-19-11-27-25(28-12-19)29-14-17(2)22(15-29)16-31-23-9-10-24(26-13-23)21-7-5-20(6-8-21)18(3)30/h5-13,17,22H,4,14-16H2,1-3H3/t17-,22-/m0/s1. The second-order valence-corrected chi connectivity index (χ2v) is 8.21. The van der Waals surface area contributed by atoms with Crippen LogP contribution in [-0.4, -0.2) is 40.4 Å². The Morgan fingerprint density at radius 1 is 1.03 bits per heavy atom. The molecule has 3 heterocycles. The lowest BCUT2D eigenvalue weighted by Gasteiger charge is -2.16. The van der Waals surface area contributed by atoms with Crippen molar-refractivity contribution in [2.75, 3.05) is 24.6 Å². The Hall–Kier alpha value is -3.28. The maximum absolute atomic E-state index is 11.4. The van der Waals surface area contributed by atoms with Crippen LogP contribution in [0.1, 0.15) is 36.7 Å². The predicted molar refractivity (Wildman–Crippen MR) is 121 cm³/mol. The minimum absolute atomic E-state index is 0.0625. The lowest BCUT2D eigenvalue weighted by Crippen LogP contribution is -2.23. The summed E-state index contributed by atoms with van der Waals surface area (Å²) in [4.78, 5) is 27.2. The van der Waals surface area contributed by atoms with Crippen molar-refractivity contribution in [1.29, 1.82) is 0 Å². The highest BCUT2D eigenvalue weighted by atomic mass is 16.5. The molecule has 1 aromatic carbocycles. The number of carbonyl (C=O) groups excluding carboxylic acids is 1. The summed E-state index contributed by atoms with van der Waals surface area (Å²) in [7, 11) is 0. The molecule has 0 spiro atoms. The minimum atomic E-state index is 0.0625. The van der Waals surface area contributed by atoms with Crippen LogP contribution in [-0.2, 0) is 6.42 Å². The molecular formula is C25H28N4O2. The minimum Gasteiger partial charge on any atom is -0.492 e. The first-order chi connectivity index (χ1) is 15.0. The molecule has 0 unspecified atom stereocenters. The van der Waals surface area contributed by atoms with Gasteiger partial charge in [-0.3, -0.25) is 9.78 Å². The quantitative estimate of drug-likeness (QED) is 0.530. The van der Waals surface area contributed by atoms with Crippen molar-refractivity contribution in [3.8, 4) is 17.0 Å². The number of nitrogens with zero attached hydrogens (tertiary/aromatic N) is 4. The summed E-state index contributed by atoms with van der Waals surface area (Å²) < 4.78 is 6.05. The Kier molecular flexibility index (Phi) is 6.26. The second kappa shape index (κ2) is 9.25. The molecule has 0 bridgehead atoms. The lowest BCUT2D eigenvalue weighted by molar-refractivity contribution is 0.101. The Bertz CT molecular complexity index is 1020. The van der Waals surface area contributed by atoms with E-state index >= 15 is 0 Å². The first kappa shape index (κ1) is 21.0. The molecule has 3 aromatic rings. The average Bonchev–Trinajstić information content (AvgIpc) is 3.18. The number of aromatic nitrogens is 3. The van der Waals surface area contributed by atoms with E-state index in [4.69, 9.17) is 4.74 Å². The van der Waals surface area contributed by atoms with Crippen molar-refractivity contribution in [1.82, 2.24) is 15.0 Å². The van der Waals surface area contributed by atoms with Gasteiger partial charge in [0.1, 0.15) is 5.75 Å². The molecule has 2 aromatic heterocycles. The lowest BCUT2D eigenvalue weighted by atomic mass is 9.99. The molecule has 2 atom stereocenters. The predicted octanol–water partition coefficient (Wildman–Crippen LogP) is 4.45. The summed E-state index contributed by atoms with van der Waals surface area (Å²) in [5.74, 6) is 2.54. The SMILES string of the molecule is CCc1cnc(N2C[C@@H](COc3ccc(-c4ccc(C(C)=O)cc4)nc3)[C@@H](C)C2)nc1. The van der Waals surface area contributed by atoms with Crippen LogP contribution in [0.5, 0.6) is 5.75 Å². The van der Waals surface area contributed by atoms with Crippen LogP contribution in [0, 0.1) is 11.8 Å². The summed E-state index contributed by atoms with van der Waals surface area (Å²) in [6.45, 7) is 8.39. The third-order valence-corrected chi connectivity index (χ3v) is 5.94. The van der Waals surface area contributed by atoms with Gasteiger partial charge in [0, 0.05) is 42.5 Å². The Labute approximate surface area is 183 Å². The topological polar surface area (TPSA) is 68.2 Å². The number of aryl methyl sites for hydroxylation is 1. The van der Waals surface area contributed by atoms with E-state index in [2.05, 4.69) is 33.7 Å². The molecular weight excluding hydrogens is 388 g/mol. The van der Waals surface area contributed by atoms with Gasteiger partial charge in [-0.2, -0.15) is 0 Å². The van der Waals surface area contributed by atoms with Crippen LogP contribution in [0.15, 0.2) is 55.0 Å². The summed E-state index contributed by atoms with van der Waals surface area (Å²) in [5.41, 5.74) is 3.69. The van der Waals surface area contributed by atoms with E-state index in [-0.39, 0.29) is 5.78 Å². The van der Waals surface area contributed by atoms with E-state index in [1.54, 1.807) is 13.1 Å². The molecule has 0 amide bonds. The van der Waals surface area contributed by atoms with E-state index in [0.717, 1.165) is 48.0 Å². The Balaban J connectivity index is 1.34. The van der Waals surface area contributed by atoms with Gasteiger partial charge in [0.25, 0.3) is 0 Å². The molecule has 160 valence electrons. The van der Waals surface area contributed by atoms with Crippen LogP contribution in [0.3, 0.4) is 0 Å². The van der Waals surface area contributed by atoms with Crippen LogP contribution < -0.4 is 9.64 Å². The smallest absolute Gasteiger partial charge is 0.225 e. The first-order valence-corrected chi connectivity index (χ1v) is 10.8. The molecule has 1 aliphatic rings. The van der Waals surface area contributed by atoms with Gasteiger partial charge in [-0.1, -0.05) is 38.1 Å². The average molecular weight is 417 g/mol. The fourth-order valence-corrected chi connectivity index (χ4v) is 3.82. The van der Waals surface area contributed by atoms with E-state index in [1.807, 2.05) is 48.8 Å². The molecule has 0 N–H and O–H groups in total. The highest BCUT2D eigenvalue weighted by molar-refractivity contribution is 5.94. The fraction of sp³-hybridized carbons (Fsp3) is 0.360. The summed E-state index contributed by atoms with van der Waals surface area (Å²) in [6, 6.07) is 11.4. The molecule has 6 nitrogen and oxygen atoms in total. The van der Waals surface area contributed by atoms with Crippen molar-refractivity contribution in [2.24, 2.45) is 11.8 Å². The maximum Gasteiger partial charge on any atom is 0.225 e. The Morgan fingerprint density at radius 2 is 1.77 bits per heavy atom. The van der Waals surface area contributed by atoms with Crippen molar-refractivity contribution in [2.45, 2.75) is 27.2 Å². The zero-order valence-electron chi connectivity index (χ0n) is 18.3. The van der Waals surface area contributed by atoms with Gasteiger partial charge in [-0.15, -0.1) is 0 Å². The van der Waals surface area contributed by atoms with Crippen LogP contribution in [0.2, 0.25) is 0 Å². The molecule has 1 aliphatic heterocycles. The monoisotopic (exact) mass is 416 g/mol. The number of Topliss-reactive ketones (excluding diaryl/α,β-unsaturated/α-hetero) is 1. The molecule has 4 rings (SSSR count). The van der Waals surface area contributed by atoms with E-state index in [1.165, 1.54) is 0 Å². The normalized spacial score (nSPS) is 18.2. The van der Waals surface area contributed by atoms with E-state index in [0.29, 0.717) is 24.0 Å². The number of hydrogen-bond donors (Lipinski definition) is 0. The van der Waals surface area contributed by atoms with Crippen LogP contribution in [0.4, 0.5) is 5.95 Å². The van der Waals surface area contributed by atoms with Gasteiger partial charge >= 0.3 is 0 Å². The molecule has 0 radical (unpaired) electrons. The number of anilines is 1. The van der Waals surface area contributed by atoms with Crippen molar-refractivity contribution in [3.63, 3.8) is 0 Å². The van der Waals surface area contributed by atoms with E-state index in [9.17, 15) is 4.79 Å². The molecule has 31 heavy (non-hydrogen) atoms. The number of benzene rings is 1. The fourth-order valence-electron chi connectivity index (χ4n) is 3.82. The molecule has 1 saturated heterocycles. The van der Waals surface area contributed by atoms with Crippen LogP contribution in [0.25, 0.3) is 11.3 Å². The number of ether oxygens (including phenoxy) is 1. The Morgan fingerprint density at radius 3 is 2.39 bits per heavy atom. The number of rotatable bonds is 7. The number of carbonyl (C=O) groups is 1. The number of hydrogen-bond acceptors (Lipinski definition) is 6. The van der Waals surface area contributed by atoms with Gasteiger partial charge in [-0.05, 0) is 37.0 Å². The van der Waals surface area contributed by atoms with Gasteiger partial charge in [0.05, 0.1) is 18.5 Å². The summed E-state index contributed by atoms with van der Waals surface area (Å²) in [6.07, 6.45) is 6.54. The second-order valence-electron chi connectivity index (χ2n) is 8.21. The zero-order chi connectivity index (χ0) is 21.8. The number of ketones is 1. The maximum atomic E-state index is 11.4. The van der Waals surface area contributed by atoms with Gasteiger partial charge in [-0.25, -0.2) is 9.97 Å². The van der Waals surface area contributed by atoms with E-state index < -0.39 is 0 Å². The molecule has 6 heteroatoms. The van der Waals surface area contributed by atoms with Gasteiger partial charge in [0.15, 0.2) is 5.78 Å². The number of pyridine rings is 1. The zero-order valence-corrected chi connectivity index (χ0v) is 18.3. The highest BCUT2D eigenvalue weighted by Gasteiger charge is 2.31. The van der Waals surface area contributed by atoms with Gasteiger partial charge in [0.2, 0.25) is 5.95 Å². The molecule has 1 fully saturated rings. The van der Waals surface area contributed by atoms with Crippen molar-refractivity contribution >= 4 is 11.7 Å². The van der Waals surface area contributed by atoms with Crippen molar-refractivity contribution < 1.29 is 9.53 Å². The molecule has 0 aliphatic carbocycles. The third kappa shape index (κ3) is 4.90. The van der Waals surface area contributed by atoms with Crippen molar-refractivity contribution in [3.05, 3.63) is 66.1 Å². The van der Waals surface area contributed by atoms with Gasteiger partial charge < -0.3 is 9.64 Å². The molecule has 0 saturated carbocycles. The highest BCUT2D eigenvalue weighted by Crippen LogP contribution is 2.27. The summed E-state index contributed by atoms with van der Waals surface area (Å²) >= 11 is 0.